The van der Waals surface area contributed by atoms with Gasteiger partial charge >= 0.3 is 5.97 Å². The summed E-state index contributed by atoms with van der Waals surface area (Å²) in [4.78, 5) is 23.9. The van der Waals surface area contributed by atoms with E-state index in [2.05, 4.69) is 5.32 Å². The van der Waals surface area contributed by atoms with E-state index < -0.39 is 17.3 Å². The van der Waals surface area contributed by atoms with Gasteiger partial charge in [-0.25, -0.2) is 0 Å². The highest BCUT2D eigenvalue weighted by molar-refractivity contribution is 5.98. The molecule has 0 aromatic rings. The molecule has 1 N–H and O–H groups in total. The minimum atomic E-state index is -0.753. The highest BCUT2D eigenvalue weighted by Crippen LogP contribution is 2.27. The summed E-state index contributed by atoms with van der Waals surface area (Å²) in [6, 6.07) is 0.0711. The van der Waals surface area contributed by atoms with Crippen molar-refractivity contribution >= 4 is 11.9 Å². The predicted molar refractivity (Wildman–Crippen MR) is 67.5 cm³/mol. The molecular weight excluding hydrogens is 218 g/mol. The van der Waals surface area contributed by atoms with Crippen LogP contribution in [0.25, 0.3) is 0 Å². The smallest absolute Gasteiger partial charge is 0.319 e. The van der Waals surface area contributed by atoms with E-state index in [0.29, 0.717) is 6.61 Å². The van der Waals surface area contributed by atoms with Crippen LogP contribution in [0.1, 0.15) is 48.0 Å². The molecule has 0 spiro atoms. The largest absolute Gasteiger partial charge is 0.465 e. The molecule has 4 heteroatoms. The number of amides is 1. The van der Waals surface area contributed by atoms with Crippen molar-refractivity contribution < 1.29 is 14.3 Å². The van der Waals surface area contributed by atoms with E-state index in [1.165, 1.54) is 0 Å². The molecule has 17 heavy (non-hydrogen) atoms. The summed E-state index contributed by atoms with van der Waals surface area (Å²) in [5.41, 5.74) is -0.441. The average Bonchev–Trinajstić information content (AvgIpc) is 2.15. The maximum absolute atomic E-state index is 12.1. The van der Waals surface area contributed by atoms with E-state index in [-0.39, 0.29) is 11.9 Å². The van der Waals surface area contributed by atoms with E-state index in [4.69, 9.17) is 4.74 Å². The Morgan fingerprint density at radius 3 is 2.12 bits per heavy atom. The Bertz CT molecular complexity index is 268. The van der Waals surface area contributed by atoms with Crippen molar-refractivity contribution in [3.05, 3.63) is 0 Å². The minimum Gasteiger partial charge on any atom is -0.465 e. The second-order valence-corrected chi connectivity index (χ2v) is 5.37. The molecule has 0 aliphatic carbocycles. The molecule has 0 saturated carbocycles. The summed E-state index contributed by atoms with van der Waals surface area (Å²) in [5.74, 6) is -1.44. The van der Waals surface area contributed by atoms with Gasteiger partial charge in [0.25, 0.3) is 0 Å². The van der Waals surface area contributed by atoms with E-state index in [9.17, 15) is 9.59 Å². The van der Waals surface area contributed by atoms with Gasteiger partial charge < -0.3 is 10.1 Å². The van der Waals surface area contributed by atoms with Gasteiger partial charge in [-0.1, -0.05) is 27.7 Å². The summed E-state index contributed by atoms with van der Waals surface area (Å²) < 4.78 is 4.97. The fraction of sp³-hybridized carbons (Fsp3) is 0.846. The van der Waals surface area contributed by atoms with Gasteiger partial charge in [0, 0.05) is 6.04 Å². The third-order valence-corrected chi connectivity index (χ3v) is 2.65. The zero-order valence-electron chi connectivity index (χ0n) is 11.8. The van der Waals surface area contributed by atoms with E-state index >= 15 is 0 Å². The van der Waals surface area contributed by atoms with Crippen LogP contribution in [0, 0.1) is 11.3 Å². The van der Waals surface area contributed by atoms with E-state index in [1.54, 1.807) is 6.92 Å². The van der Waals surface area contributed by atoms with Gasteiger partial charge in [-0.05, 0) is 25.7 Å². The van der Waals surface area contributed by atoms with Crippen molar-refractivity contribution in [1.29, 1.82) is 0 Å². The number of hydrogen-bond donors (Lipinski definition) is 1. The summed E-state index contributed by atoms with van der Waals surface area (Å²) in [5, 5.41) is 2.84. The SMILES string of the molecule is CCOC(=O)C(C(=O)NC(C)CC)C(C)(C)C. The standard InChI is InChI=1S/C13H25NO3/c1-7-9(3)14-11(15)10(13(4,5)6)12(16)17-8-2/h9-10H,7-8H2,1-6H3,(H,14,15). The van der Waals surface area contributed by atoms with Gasteiger partial charge in [0.15, 0.2) is 0 Å². The predicted octanol–water partition coefficient (Wildman–Crippen LogP) is 2.13. The normalized spacial score (nSPS) is 14.9. The van der Waals surface area contributed by atoms with Crippen LogP contribution < -0.4 is 5.32 Å². The molecule has 0 fully saturated rings. The Morgan fingerprint density at radius 2 is 1.76 bits per heavy atom. The third kappa shape index (κ3) is 5.20. The van der Waals surface area contributed by atoms with Gasteiger partial charge in [-0.15, -0.1) is 0 Å². The number of carbonyl (C=O) groups excluding carboxylic acids is 2. The van der Waals surface area contributed by atoms with Gasteiger partial charge in [0.2, 0.25) is 5.91 Å². The number of rotatable bonds is 5. The molecule has 0 heterocycles. The van der Waals surface area contributed by atoms with E-state index in [1.807, 2.05) is 34.6 Å². The Kier molecular flexibility index (Phi) is 6.21. The zero-order valence-corrected chi connectivity index (χ0v) is 11.8. The highest BCUT2D eigenvalue weighted by atomic mass is 16.5. The lowest BCUT2D eigenvalue weighted by Gasteiger charge is -2.28. The summed E-state index contributed by atoms with van der Waals surface area (Å²) in [6.45, 7) is 11.5. The van der Waals surface area contributed by atoms with Crippen molar-refractivity contribution in [2.24, 2.45) is 11.3 Å². The molecule has 0 aromatic carbocycles. The van der Waals surface area contributed by atoms with Crippen molar-refractivity contribution in [3.8, 4) is 0 Å². The first kappa shape index (κ1) is 15.9. The van der Waals surface area contributed by atoms with Crippen LogP contribution in [0.15, 0.2) is 0 Å². The second-order valence-electron chi connectivity index (χ2n) is 5.37. The molecule has 0 radical (unpaired) electrons. The molecule has 2 unspecified atom stereocenters. The Hall–Kier alpha value is -1.06. The van der Waals surface area contributed by atoms with Crippen LogP contribution in [-0.2, 0) is 14.3 Å². The number of esters is 1. The van der Waals surface area contributed by atoms with Crippen LogP contribution in [0.3, 0.4) is 0 Å². The first-order chi connectivity index (χ1) is 7.73. The second kappa shape index (κ2) is 6.62. The molecule has 0 aromatic heterocycles. The number of nitrogens with one attached hydrogen (secondary N) is 1. The molecular formula is C13H25NO3. The molecule has 1 amide bonds. The van der Waals surface area contributed by atoms with Gasteiger partial charge in [-0.3, -0.25) is 9.59 Å². The maximum atomic E-state index is 12.1. The lowest BCUT2D eigenvalue weighted by atomic mass is 9.80. The summed E-state index contributed by atoms with van der Waals surface area (Å²) >= 11 is 0. The fourth-order valence-corrected chi connectivity index (χ4v) is 1.51. The monoisotopic (exact) mass is 243 g/mol. The zero-order chi connectivity index (χ0) is 13.6. The lowest BCUT2D eigenvalue weighted by Crippen LogP contribution is -2.46. The van der Waals surface area contributed by atoms with Crippen molar-refractivity contribution in [2.75, 3.05) is 6.61 Å². The molecule has 0 bridgehead atoms. The van der Waals surface area contributed by atoms with Crippen molar-refractivity contribution in [3.63, 3.8) is 0 Å². The van der Waals surface area contributed by atoms with Gasteiger partial charge in [0.1, 0.15) is 5.92 Å². The average molecular weight is 243 g/mol. The minimum absolute atomic E-state index is 0.0711. The first-order valence-corrected chi connectivity index (χ1v) is 6.21. The van der Waals surface area contributed by atoms with Crippen molar-refractivity contribution in [1.82, 2.24) is 5.32 Å². The molecule has 0 saturated heterocycles. The fourth-order valence-electron chi connectivity index (χ4n) is 1.51. The Morgan fingerprint density at radius 1 is 1.24 bits per heavy atom. The summed E-state index contributed by atoms with van der Waals surface area (Å²) in [6.07, 6.45) is 0.839. The molecule has 100 valence electrons. The molecule has 0 aliphatic rings. The number of hydrogen-bond acceptors (Lipinski definition) is 3. The van der Waals surface area contributed by atoms with Crippen LogP contribution >= 0.6 is 0 Å². The number of ether oxygens (including phenoxy) is 1. The molecule has 0 rings (SSSR count). The quantitative estimate of drug-likeness (QED) is 0.594. The Labute approximate surface area is 104 Å². The Balaban J connectivity index is 4.82. The molecule has 4 nitrogen and oxygen atoms in total. The van der Waals surface area contributed by atoms with Gasteiger partial charge in [-0.2, -0.15) is 0 Å². The maximum Gasteiger partial charge on any atom is 0.319 e. The summed E-state index contributed by atoms with van der Waals surface area (Å²) in [7, 11) is 0. The van der Waals surface area contributed by atoms with Crippen LogP contribution in [0.2, 0.25) is 0 Å². The van der Waals surface area contributed by atoms with Gasteiger partial charge in [0.05, 0.1) is 6.61 Å². The third-order valence-electron chi connectivity index (χ3n) is 2.65. The topological polar surface area (TPSA) is 55.4 Å². The van der Waals surface area contributed by atoms with Crippen LogP contribution in [0.4, 0.5) is 0 Å². The highest BCUT2D eigenvalue weighted by Gasteiger charge is 2.39. The van der Waals surface area contributed by atoms with Crippen LogP contribution in [0.5, 0.6) is 0 Å². The lowest BCUT2D eigenvalue weighted by molar-refractivity contribution is -0.156. The van der Waals surface area contributed by atoms with E-state index in [0.717, 1.165) is 6.42 Å². The van der Waals surface area contributed by atoms with Crippen molar-refractivity contribution in [2.45, 2.75) is 54.0 Å². The van der Waals surface area contributed by atoms with Crippen LogP contribution in [-0.4, -0.2) is 24.5 Å². The molecule has 0 aliphatic heterocycles. The number of carbonyl (C=O) groups is 2. The molecule has 2 atom stereocenters. The first-order valence-electron chi connectivity index (χ1n) is 6.21.